The van der Waals surface area contributed by atoms with Crippen molar-refractivity contribution in [3.8, 4) is 10.7 Å². The summed E-state index contributed by atoms with van der Waals surface area (Å²) in [5.41, 5.74) is 0.289. The highest BCUT2D eigenvalue weighted by molar-refractivity contribution is 7.13. The molecular weight excluding hydrogens is 278 g/mol. The zero-order valence-electron chi connectivity index (χ0n) is 8.82. The van der Waals surface area contributed by atoms with E-state index in [-0.39, 0.29) is 10.7 Å². The zero-order valence-corrected chi connectivity index (χ0v) is 10.4. The Hall–Kier alpha value is -1.59. The van der Waals surface area contributed by atoms with E-state index in [4.69, 9.17) is 11.6 Å². The van der Waals surface area contributed by atoms with Crippen LogP contribution in [0.25, 0.3) is 21.6 Å². The molecule has 0 saturated heterocycles. The van der Waals surface area contributed by atoms with Crippen molar-refractivity contribution in [1.82, 2.24) is 9.97 Å². The third-order valence-electron chi connectivity index (χ3n) is 2.43. The van der Waals surface area contributed by atoms with E-state index >= 15 is 0 Å². The van der Waals surface area contributed by atoms with Gasteiger partial charge in [-0.25, -0.2) is 18.7 Å². The first-order valence-corrected chi connectivity index (χ1v) is 6.27. The third-order valence-corrected chi connectivity index (χ3v) is 3.59. The molecule has 18 heavy (non-hydrogen) atoms. The van der Waals surface area contributed by atoms with Gasteiger partial charge >= 0.3 is 0 Å². The SMILES string of the molecule is Fc1cc2nc(-c3cccs3)nc(Cl)c2cc1F. The van der Waals surface area contributed by atoms with Gasteiger partial charge in [0, 0.05) is 11.5 Å². The first-order valence-electron chi connectivity index (χ1n) is 5.01. The minimum absolute atomic E-state index is 0.113. The van der Waals surface area contributed by atoms with Gasteiger partial charge in [-0.3, -0.25) is 0 Å². The third kappa shape index (κ3) is 1.85. The molecule has 0 spiro atoms. The lowest BCUT2D eigenvalue weighted by molar-refractivity contribution is 0.510. The first kappa shape index (κ1) is 11.5. The van der Waals surface area contributed by atoms with Crippen LogP contribution in [0, 0.1) is 11.6 Å². The maximum Gasteiger partial charge on any atom is 0.171 e. The van der Waals surface area contributed by atoms with Crippen molar-refractivity contribution in [1.29, 1.82) is 0 Å². The van der Waals surface area contributed by atoms with Crippen LogP contribution in [0.15, 0.2) is 29.6 Å². The molecule has 0 fully saturated rings. The topological polar surface area (TPSA) is 25.8 Å². The summed E-state index contributed by atoms with van der Waals surface area (Å²) in [6.07, 6.45) is 0. The van der Waals surface area contributed by atoms with E-state index in [1.165, 1.54) is 11.3 Å². The smallest absolute Gasteiger partial charge is 0.171 e. The number of benzene rings is 1. The highest BCUT2D eigenvalue weighted by Gasteiger charge is 2.12. The van der Waals surface area contributed by atoms with Gasteiger partial charge in [-0.2, -0.15) is 0 Å². The predicted molar refractivity (Wildman–Crippen MR) is 67.8 cm³/mol. The number of rotatable bonds is 1. The van der Waals surface area contributed by atoms with Gasteiger partial charge < -0.3 is 0 Å². The molecule has 0 aliphatic carbocycles. The van der Waals surface area contributed by atoms with E-state index in [0.29, 0.717) is 11.2 Å². The molecule has 3 rings (SSSR count). The van der Waals surface area contributed by atoms with Crippen molar-refractivity contribution in [2.75, 3.05) is 0 Å². The Balaban J connectivity index is 2.30. The van der Waals surface area contributed by atoms with Gasteiger partial charge in [-0.1, -0.05) is 17.7 Å². The highest BCUT2D eigenvalue weighted by atomic mass is 35.5. The molecule has 0 unspecified atom stereocenters. The van der Waals surface area contributed by atoms with E-state index in [0.717, 1.165) is 17.0 Å². The molecule has 3 aromatic rings. The van der Waals surface area contributed by atoms with Crippen molar-refractivity contribution in [3.05, 3.63) is 46.4 Å². The van der Waals surface area contributed by atoms with Gasteiger partial charge in [0.15, 0.2) is 17.5 Å². The lowest BCUT2D eigenvalue weighted by Crippen LogP contribution is -1.93. The van der Waals surface area contributed by atoms with E-state index in [9.17, 15) is 8.78 Å². The normalized spacial score (nSPS) is 11.1. The van der Waals surface area contributed by atoms with Crippen LogP contribution < -0.4 is 0 Å². The Morgan fingerprint density at radius 2 is 1.89 bits per heavy atom. The van der Waals surface area contributed by atoms with E-state index in [2.05, 4.69) is 9.97 Å². The Bertz CT molecular complexity index is 729. The molecule has 0 radical (unpaired) electrons. The van der Waals surface area contributed by atoms with Gasteiger partial charge in [-0.15, -0.1) is 11.3 Å². The van der Waals surface area contributed by atoms with E-state index in [1.807, 2.05) is 17.5 Å². The van der Waals surface area contributed by atoms with E-state index in [1.54, 1.807) is 0 Å². The molecule has 0 aliphatic heterocycles. The van der Waals surface area contributed by atoms with Crippen molar-refractivity contribution in [2.45, 2.75) is 0 Å². The predicted octanol–water partition coefficient (Wildman–Crippen LogP) is 4.29. The van der Waals surface area contributed by atoms with Crippen LogP contribution in [-0.4, -0.2) is 9.97 Å². The maximum atomic E-state index is 13.2. The zero-order chi connectivity index (χ0) is 12.7. The number of aromatic nitrogens is 2. The monoisotopic (exact) mass is 282 g/mol. The van der Waals surface area contributed by atoms with E-state index < -0.39 is 11.6 Å². The van der Waals surface area contributed by atoms with Crippen LogP contribution in [0.2, 0.25) is 5.15 Å². The average Bonchev–Trinajstić information content (AvgIpc) is 2.85. The lowest BCUT2D eigenvalue weighted by Gasteiger charge is -2.03. The molecule has 2 aromatic heterocycles. The molecule has 0 atom stereocenters. The summed E-state index contributed by atoms with van der Waals surface area (Å²) in [4.78, 5) is 9.10. The fourth-order valence-corrected chi connectivity index (χ4v) is 2.49. The summed E-state index contributed by atoms with van der Waals surface area (Å²) < 4.78 is 26.3. The van der Waals surface area contributed by atoms with Crippen LogP contribution >= 0.6 is 22.9 Å². The lowest BCUT2D eigenvalue weighted by atomic mass is 10.2. The van der Waals surface area contributed by atoms with Crippen molar-refractivity contribution in [2.24, 2.45) is 0 Å². The number of fused-ring (bicyclic) bond motifs is 1. The van der Waals surface area contributed by atoms with Crippen LogP contribution in [-0.2, 0) is 0 Å². The number of halogens is 3. The molecule has 6 heteroatoms. The van der Waals surface area contributed by atoms with Crippen molar-refractivity contribution >= 4 is 33.8 Å². The van der Waals surface area contributed by atoms with Crippen molar-refractivity contribution in [3.63, 3.8) is 0 Å². The Labute approximate surface area is 110 Å². The highest BCUT2D eigenvalue weighted by Crippen LogP contribution is 2.28. The van der Waals surface area contributed by atoms with Gasteiger partial charge in [0.1, 0.15) is 5.15 Å². The summed E-state index contributed by atoms with van der Waals surface area (Å²) in [5.74, 6) is -1.50. The fourth-order valence-electron chi connectivity index (χ4n) is 1.60. The molecule has 0 saturated carbocycles. The molecule has 0 amide bonds. The second kappa shape index (κ2) is 4.26. The Kier molecular flexibility index (Phi) is 2.72. The minimum Gasteiger partial charge on any atom is -0.227 e. The molecule has 0 bridgehead atoms. The maximum absolute atomic E-state index is 13.2. The molecule has 2 nitrogen and oxygen atoms in total. The molecular formula is C12H5ClF2N2S. The largest absolute Gasteiger partial charge is 0.227 e. The summed E-state index contributed by atoms with van der Waals surface area (Å²) in [6.45, 7) is 0. The van der Waals surface area contributed by atoms with Gasteiger partial charge in [-0.05, 0) is 17.5 Å². The van der Waals surface area contributed by atoms with Gasteiger partial charge in [0.05, 0.1) is 10.4 Å². The van der Waals surface area contributed by atoms with Gasteiger partial charge in [0.2, 0.25) is 0 Å². The Morgan fingerprint density at radius 3 is 2.61 bits per heavy atom. The summed E-state index contributed by atoms with van der Waals surface area (Å²) in [6, 6.07) is 5.72. The number of thiophene rings is 1. The molecule has 0 aliphatic rings. The first-order chi connectivity index (χ1) is 8.65. The standard InChI is InChI=1S/C12H5ClF2N2S/c13-11-6-4-7(14)8(15)5-9(6)16-12(17-11)10-2-1-3-18-10/h1-5H. The molecule has 90 valence electrons. The fraction of sp³-hybridized carbons (Fsp3) is 0. The second-order valence-corrected chi connectivity index (χ2v) is 4.90. The number of nitrogens with zero attached hydrogens (tertiary/aromatic N) is 2. The van der Waals surface area contributed by atoms with Gasteiger partial charge in [0.25, 0.3) is 0 Å². The number of hydrogen-bond acceptors (Lipinski definition) is 3. The molecule has 2 heterocycles. The van der Waals surface area contributed by atoms with Crippen molar-refractivity contribution < 1.29 is 8.78 Å². The van der Waals surface area contributed by atoms with Crippen LogP contribution in [0.3, 0.4) is 0 Å². The molecule has 1 aromatic carbocycles. The summed E-state index contributed by atoms with van der Waals surface area (Å²) in [7, 11) is 0. The van der Waals surface area contributed by atoms with Crippen LogP contribution in [0.4, 0.5) is 8.78 Å². The quantitative estimate of drug-likeness (QED) is 0.622. The molecule has 0 N–H and O–H groups in total. The summed E-state index contributed by atoms with van der Waals surface area (Å²) in [5, 5.41) is 2.29. The van der Waals surface area contributed by atoms with Crippen LogP contribution in [0.1, 0.15) is 0 Å². The minimum atomic E-state index is -0.961. The average molecular weight is 283 g/mol. The Morgan fingerprint density at radius 1 is 1.11 bits per heavy atom. The second-order valence-electron chi connectivity index (χ2n) is 3.60. The summed E-state index contributed by atoms with van der Waals surface area (Å²) >= 11 is 7.42. The van der Waals surface area contributed by atoms with Crippen LogP contribution in [0.5, 0.6) is 0 Å². The number of hydrogen-bond donors (Lipinski definition) is 0.